The van der Waals surface area contributed by atoms with Crippen molar-refractivity contribution in [2.75, 3.05) is 31.2 Å². The molecule has 3 N–H and O–H groups in total. The van der Waals surface area contributed by atoms with Gasteiger partial charge in [-0.3, -0.25) is 14.9 Å². The molecule has 0 bridgehead atoms. The molecule has 0 spiro atoms. The van der Waals surface area contributed by atoms with Crippen LogP contribution in [0.1, 0.15) is 0 Å². The number of aromatic amines is 1. The highest BCUT2D eigenvalue weighted by Gasteiger charge is 2.15. The van der Waals surface area contributed by atoms with Crippen molar-refractivity contribution in [1.29, 1.82) is 0 Å². The van der Waals surface area contributed by atoms with E-state index in [1.807, 2.05) is 0 Å². The zero-order chi connectivity index (χ0) is 15.4. The lowest BCUT2D eigenvalue weighted by Crippen LogP contribution is -2.30. The van der Waals surface area contributed by atoms with Crippen LogP contribution in [0, 0.1) is 10.1 Å². The molecule has 0 atom stereocenters. The molecular weight excluding hydrogens is 280 g/mol. The molecule has 9 heteroatoms. The number of aliphatic hydroxyl groups excluding tert-OH is 2. The fraction of sp³-hybridized carbons (Fsp3) is 0.333. The van der Waals surface area contributed by atoms with Gasteiger partial charge >= 0.3 is 11.2 Å². The molecule has 0 aliphatic heterocycles. The summed E-state index contributed by atoms with van der Waals surface area (Å²) in [5, 5.41) is 29.1. The summed E-state index contributed by atoms with van der Waals surface area (Å²) in [6.07, 6.45) is 0. The van der Waals surface area contributed by atoms with E-state index in [1.54, 1.807) is 17.0 Å². The molecule has 0 aliphatic rings. The van der Waals surface area contributed by atoms with Crippen molar-refractivity contribution in [3.63, 3.8) is 0 Å². The van der Waals surface area contributed by atoms with Gasteiger partial charge in [-0.15, -0.1) is 0 Å². The molecule has 2 aromatic rings. The fourth-order valence-corrected chi connectivity index (χ4v) is 1.95. The first kappa shape index (κ1) is 14.9. The van der Waals surface area contributed by atoms with Gasteiger partial charge in [-0.2, -0.15) is 0 Å². The highest BCUT2D eigenvalue weighted by atomic mass is 16.6. The Morgan fingerprint density at radius 1 is 1.29 bits per heavy atom. The Kier molecular flexibility index (Phi) is 4.45. The first-order chi connectivity index (χ1) is 10.1. The van der Waals surface area contributed by atoms with Crippen LogP contribution in [-0.4, -0.2) is 51.4 Å². The summed E-state index contributed by atoms with van der Waals surface area (Å²) in [6.45, 7) is 0.319. The number of rotatable bonds is 6. The van der Waals surface area contributed by atoms with E-state index in [-0.39, 0.29) is 32.0 Å². The van der Waals surface area contributed by atoms with Crippen molar-refractivity contribution in [3.8, 4) is 0 Å². The predicted octanol–water partition coefficient (Wildman–Crippen LogP) is -0.378. The topological polar surface area (TPSA) is 133 Å². The Morgan fingerprint density at radius 3 is 2.52 bits per heavy atom. The van der Waals surface area contributed by atoms with Gasteiger partial charge in [0.2, 0.25) is 0 Å². The number of fused-ring (bicyclic) bond motifs is 1. The van der Waals surface area contributed by atoms with Crippen LogP contribution in [0.25, 0.3) is 11.0 Å². The lowest BCUT2D eigenvalue weighted by atomic mass is 10.2. The molecule has 9 nitrogen and oxygen atoms in total. The van der Waals surface area contributed by atoms with Crippen LogP contribution >= 0.6 is 0 Å². The Hall–Kier alpha value is -2.52. The van der Waals surface area contributed by atoms with Gasteiger partial charge in [0.25, 0.3) is 0 Å². The van der Waals surface area contributed by atoms with Crippen LogP contribution in [0.5, 0.6) is 0 Å². The highest BCUT2D eigenvalue weighted by Crippen LogP contribution is 2.18. The molecule has 0 radical (unpaired) electrons. The minimum atomic E-state index is -0.826. The van der Waals surface area contributed by atoms with Gasteiger partial charge in [0.1, 0.15) is 11.5 Å². The standard InChI is InChI=1S/C12H14N4O5/c17-5-3-15(4-6-18)10-2-1-8-7-9(16(20)21)12(19)14-11(8)13-10/h1-2,7,17-18H,3-6H2,(H,13,14,19). The van der Waals surface area contributed by atoms with Gasteiger partial charge in [-0.1, -0.05) is 0 Å². The maximum Gasteiger partial charge on any atom is 0.334 e. The third-order valence-electron chi connectivity index (χ3n) is 2.93. The smallest absolute Gasteiger partial charge is 0.334 e. The van der Waals surface area contributed by atoms with E-state index in [0.717, 1.165) is 6.07 Å². The molecule has 0 saturated heterocycles. The van der Waals surface area contributed by atoms with E-state index in [0.29, 0.717) is 11.2 Å². The van der Waals surface area contributed by atoms with Gasteiger partial charge in [0, 0.05) is 24.5 Å². The van der Waals surface area contributed by atoms with E-state index >= 15 is 0 Å². The lowest BCUT2D eigenvalue weighted by molar-refractivity contribution is -0.386. The largest absolute Gasteiger partial charge is 0.395 e. The van der Waals surface area contributed by atoms with Crippen LogP contribution in [0.3, 0.4) is 0 Å². The molecule has 0 unspecified atom stereocenters. The van der Waals surface area contributed by atoms with Gasteiger partial charge in [0.15, 0.2) is 0 Å². The van der Waals surface area contributed by atoms with E-state index in [2.05, 4.69) is 9.97 Å². The number of nitro groups is 1. The van der Waals surface area contributed by atoms with Crippen LogP contribution in [-0.2, 0) is 0 Å². The first-order valence-electron chi connectivity index (χ1n) is 6.22. The zero-order valence-corrected chi connectivity index (χ0v) is 11.0. The average Bonchev–Trinajstić information content (AvgIpc) is 2.45. The van der Waals surface area contributed by atoms with Crippen molar-refractivity contribution in [1.82, 2.24) is 9.97 Å². The second-order valence-corrected chi connectivity index (χ2v) is 4.28. The van der Waals surface area contributed by atoms with Crippen molar-refractivity contribution >= 4 is 22.5 Å². The van der Waals surface area contributed by atoms with Gasteiger partial charge in [-0.25, -0.2) is 4.98 Å². The normalized spacial score (nSPS) is 10.8. The highest BCUT2D eigenvalue weighted by molar-refractivity contribution is 5.78. The van der Waals surface area contributed by atoms with E-state index in [4.69, 9.17) is 10.2 Å². The monoisotopic (exact) mass is 294 g/mol. The molecule has 2 heterocycles. The van der Waals surface area contributed by atoms with E-state index < -0.39 is 16.2 Å². The molecule has 2 aromatic heterocycles. The fourth-order valence-electron chi connectivity index (χ4n) is 1.95. The van der Waals surface area contributed by atoms with Gasteiger partial charge < -0.3 is 20.1 Å². The molecule has 0 aromatic carbocycles. The Labute approximate surface area is 118 Å². The minimum absolute atomic E-state index is 0.115. The van der Waals surface area contributed by atoms with Crippen molar-refractivity contribution in [3.05, 3.63) is 38.7 Å². The maximum atomic E-state index is 11.6. The molecule has 0 amide bonds. The number of aliphatic hydroxyl groups is 2. The van der Waals surface area contributed by atoms with Gasteiger partial charge in [0.05, 0.1) is 18.1 Å². The third kappa shape index (κ3) is 3.15. The summed E-state index contributed by atoms with van der Waals surface area (Å²) < 4.78 is 0. The summed E-state index contributed by atoms with van der Waals surface area (Å²) in [7, 11) is 0. The van der Waals surface area contributed by atoms with Crippen molar-refractivity contribution in [2.45, 2.75) is 0 Å². The third-order valence-corrected chi connectivity index (χ3v) is 2.93. The van der Waals surface area contributed by atoms with Crippen molar-refractivity contribution < 1.29 is 15.1 Å². The lowest BCUT2D eigenvalue weighted by Gasteiger charge is -2.21. The maximum absolute atomic E-state index is 11.6. The minimum Gasteiger partial charge on any atom is -0.395 e. The summed E-state index contributed by atoms with van der Waals surface area (Å²) >= 11 is 0. The summed E-state index contributed by atoms with van der Waals surface area (Å²) in [5.41, 5.74) is -1.16. The molecule has 0 saturated carbocycles. The number of aromatic nitrogens is 2. The zero-order valence-electron chi connectivity index (χ0n) is 11.0. The van der Waals surface area contributed by atoms with E-state index in [9.17, 15) is 14.9 Å². The Morgan fingerprint density at radius 2 is 1.95 bits per heavy atom. The Bertz CT molecular complexity index is 708. The summed E-state index contributed by atoms with van der Waals surface area (Å²) in [5.74, 6) is 0.454. The number of H-pyrrole nitrogens is 1. The van der Waals surface area contributed by atoms with E-state index in [1.165, 1.54) is 0 Å². The van der Waals surface area contributed by atoms with Crippen LogP contribution in [0.4, 0.5) is 11.5 Å². The van der Waals surface area contributed by atoms with Crippen molar-refractivity contribution in [2.24, 2.45) is 0 Å². The van der Waals surface area contributed by atoms with Crippen LogP contribution < -0.4 is 10.5 Å². The number of nitrogens with one attached hydrogen (secondary N) is 1. The summed E-state index contributed by atoms with van der Waals surface area (Å²) in [6, 6.07) is 4.35. The number of hydrogen-bond acceptors (Lipinski definition) is 7. The first-order valence-corrected chi connectivity index (χ1v) is 6.22. The molecule has 21 heavy (non-hydrogen) atoms. The molecule has 0 fully saturated rings. The molecular formula is C12H14N4O5. The molecule has 0 aliphatic carbocycles. The summed E-state index contributed by atoms with van der Waals surface area (Å²) in [4.78, 5) is 29.7. The number of pyridine rings is 2. The number of nitrogens with zero attached hydrogens (tertiary/aromatic N) is 3. The molecule has 2 rings (SSSR count). The van der Waals surface area contributed by atoms with Gasteiger partial charge in [-0.05, 0) is 12.1 Å². The second kappa shape index (κ2) is 6.29. The molecule has 112 valence electrons. The SMILES string of the molecule is O=c1[nH]c2nc(N(CCO)CCO)ccc2cc1[N+](=O)[O-]. The predicted molar refractivity (Wildman–Crippen MR) is 75.4 cm³/mol. The second-order valence-electron chi connectivity index (χ2n) is 4.28. The Balaban J connectivity index is 2.48. The van der Waals surface area contributed by atoms with Crippen LogP contribution in [0.15, 0.2) is 23.0 Å². The number of anilines is 1. The van der Waals surface area contributed by atoms with Crippen LogP contribution in [0.2, 0.25) is 0 Å². The average molecular weight is 294 g/mol. The number of hydrogen-bond donors (Lipinski definition) is 3. The quantitative estimate of drug-likeness (QED) is 0.488.